The average Bonchev–Trinajstić information content (AvgIpc) is 2.93. The molecule has 7 rings (SSSR count). The number of hydrogen-bond donors (Lipinski definition) is 1. The SMILES string of the molecule is C[C@H]1CC[C@H]2[C@H](C1)c1c(c3ccccc3c3nc4cc(/C(=N\O)c5ccccc5)ccc4nc13)OC2(C)C. The van der Waals surface area contributed by atoms with Gasteiger partial charge in [0.2, 0.25) is 0 Å². The predicted octanol–water partition coefficient (Wildman–Crippen LogP) is 7.85. The number of oxime groups is 1. The summed E-state index contributed by atoms with van der Waals surface area (Å²) in [6.07, 6.45) is 3.55. The minimum atomic E-state index is -0.231. The molecule has 5 aromatic rings. The van der Waals surface area contributed by atoms with Crippen LogP contribution in [-0.4, -0.2) is 26.5 Å². The zero-order valence-electron chi connectivity index (χ0n) is 22.0. The second kappa shape index (κ2) is 8.52. The Kier molecular flexibility index (Phi) is 5.19. The first-order valence-electron chi connectivity index (χ1n) is 13.6. The maximum Gasteiger partial charge on any atom is 0.133 e. The van der Waals surface area contributed by atoms with E-state index in [1.54, 1.807) is 0 Å². The fraction of sp³-hybridized carbons (Fsp3) is 0.303. The third-order valence-electron chi connectivity index (χ3n) is 8.75. The Morgan fingerprint density at radius 1 is 0.868 bits per heavy atom. The van der Waals surface area contributed by atoms with E-state index in [9.17, 15) is 5.21 Å². The van der Waals surface area contributed by atoms with Crippen molar-refractivity contribution in [2.75, 3.05) is 0 Å². The quantitative estimate of drug-likeness (QED) is 0.0879. The van der Waals surface area contributed by atoms with Gasteiger partial charge in [-0.15, -0.1) is 0 Å². The Morgan fingerprint density at radius 2 is 1.61 bits per heavy atom. The molecule has 1 aromatic heterocycles. The van der Waals surface area contributed by atoms with Gasteiger partial charge in [-0.05, 0) is 50.7 Å². The van der Waals surface area contributed by atoms with Crippen LogP contribution in [0.2, 0.25) is 0 Å². The van der Waals surface area contributed by atoms with E-state index in [1.807, 2.05) is 48.5 Å². The molecule has 0 saturated heterocycles. The van der Waals surface area contributed by atoms with Gasteiger partial charge in [-0.25, -0.2) is 9.97 Å². The molecule has 5 heteroatoms. The second-order valence-corrected chi connectivity index (χ2v) is 11.6. The molecule has 0 radical (unpaired) electrons. The van der Waals surface area contributed by atoms with Crippen molar-refractivity contribution < 1.29 is 9.94 Å². The smallest absolute Gasteiger partial charge is 0.133 e. The number of hydrogen-bond acceptors (Lipinski definition) is 5. The van der Waals surface area contributed by atoms with Crippen molar-refractivity contribution in [2.45, 2.75) is 51.6 Å². The molecule has 3 atom stereocenters. The third-order valence-corrected chi connectivity index (χ3v) is 8.75. The maximum absolute atomic E-state index is 9.86. The molecule has 38 heavy (non-hydrogen) atoms. The Balaban J connectivity index is 1.50. The molecule has 4 aromatic carbocycles. The number of rotatable bonds is 2. The van der Waals surface area contributed by atoms with E-state index in [0.717, 1.165) is 56.1 Å². The van der Waals surface area contributed by atoms with Crippen LogP contribution in [0.25, 0.3) is 32.8 Å². The van der Waals surface area contributed by atoms with Crippen molar-refractivity contribution in [3.05, 3.63) is 89.5 Å². The van der Waals surface area contributed by atoms with Crippen molar-refractivity contribution in [1.82, 2.24) is 9.97 Å². The van der Waals surface area contributed by atoms with Gasteiger partial charge in [0, 0.05) is 33.4 Å². The van der Waals surface area contributed by atoms with Crippen LogP contribution in [0.15, 0.2) is 78.0 Å². The molecule has 0 bridgehead atoms. The van der Waals surface area contributed by atoms with Gasteiger partial charge in [0.25, 0.3) is 0 Å². The molecule has 1 aliphatic carbocycles. The molecule has 190 valence electrons. The summed E-state index contributed by atoms with van der Waals surface area (Å²) < 4.78 is 6.86. The standard InChI is InChI=1S/C33H31N3O2/c1-19-13-15-25-24(17-19)28-31-30(22-11-7-8-12-23(22)32(28)38-33(25,2)3)35-27-18-21(14-16-26(27)34-31)29(36-37)20-9-5-4-6-10-20/h4-12,14,16,18-19,24-25,37H,13,15,17H2,1-3H3/b36-29-/t19-,24-,25-/m0/s1. The first-order valence-corrected chi connectivity index (χ1v) is 13.6. The number of nitrogens with zero attached hydrogens (tertiary/aromatic N) is 3. The molecular formula is C33H31N3O2. The summed E-state index contributed by atoms with van der Waals surface area (Å²) in [5.74, 6) is 2.49. The van der Waals surface area contributed by atoms with Crippen molar-refractivity contribution >= 4 is 38.6 Å². The van der Waals surface area contributed by atoms with E-state index >= 15 is 0 Å². The summed E-state index contributed by atoms with van der Waals surface area (Å²) in [5.41, 5.74) is 6.63. The van der Waals surface area contributed by atoms with Crippen LogP contribution in [0.1, 0.15) is 62.6 Å². The van der Waals surface area contributed by atoms with Gasteiger partial charge in [0.15, 0.2) is 0 Å². The van der Waals surface area contributed by atoms with E-state index in [4.69, 9.17) is 14.7 Å². The minimum absolute atomic E-state index is 0.231. The van der Waals surface area contributed by atoms with Crippen LogP contribution < -0.4 is 4.74 Å². The van der Waals surface area contributed by atoms with E-state index in [-0.39, 0.29) is 5.60 Å². The highest BCUT2D eigenvalue weighted by molar-refractivity contribution is 6.15. The van der Waals surface area contributed by atoms with Crippen LogP contribution in [0.4, 0.5) is 0 Å². The van der Waals surface area contributed by atoms with Crippen molar-refractivity contribution in [3.8, 4) is 5.75 Å². The van der Waals surface area contributed by atoms with E-state index in [2.05, 4.69) is 50.2 Å². The third kappa shape index (κ3) is 3.48. The topological polar surface area (TPSA) is 67.6 Å². The monoisotopic (exact) mass is 501 g/mol. The summed E-state index contributed by atoms with van der Waals surface area (Å²) >= 11 is 0. The number of aromatic nitrogens is 2. The fourth-order valence-electron chi connectivity index (χ4n) is 6.92. The fourth-order valence-corrected chi connectivity index (χ4v) is 6.92. The van der Waals surface area contributed by atoms with Crippen LogP contribution in [0, 0.1) is 11.8 Å². The molecule has 2 aliphatic rings. The van der Waals surface area contributed by atoms with Gasteiger partial charge >= 0.3 is 0 Å². The molecule has 1 N–H and O–H groups in total. The minimum Gasteiger partial charge on any atom is -0.487 e. The number of ether oxygens (including phenoxy) is 1. The highest BCUT2D eigenvalue weighted by Gasteiger charge is 2.47. The van der Waals surface area contributed by atoms with E-state index in [0.29, 0.717) is 23.5 Å². The summed E-state index contributed by atoms with van der Waals surface area (Å²) in [6.45, 7) is 6.88. The number of fused-ring (bicyclic) bond motifs is 9. The molecule has 0 spiro atoms. The molecule has 0 unspecified atom stereocenters. The average molecular weight is 502 g/mol. The van der Waals surface area contributed by atoms with Crippen LogP contribution >= 0.6 is 0 Å². The second-order valence-electron chi connectivity index (χ2n) is 11.6. The van der Waals surface area contributed by atoms with Crippen LogP contribution in [0.5, 0.6) is 5.75 Å². The highest BCUT2D eigenvalue weighted by atomic mass is 16.5. The largest absolute Gasteiger partial charge is 0.487 e. The lowest BCUT2D eigenvalue weighted by molar-refractivity contribution is -0.0115. The van der Waals surface area contributed by atoms with Crippen molar-refractivity contribution in [3.63, 3.8) is 0 Å². The maximum atomic E-state index is 9.86. The molecule has 1 fully saturated rings. The summed E-state index contributed by atoms with van der Waals surface area (Å²) in [6, 6.07) is 24.0. The molecule has 1 saturated carbocycles. The highest BCUT2D eigenvalue weighted by Crippen LogP contribution is 2.56. The summed E-state index contributed by atoms with van der Waals surface area (Å²) in [4.78, 5) is 10.5. The molecule has 0 amide bonds. The van der Waals surface area contributed by atoms with Crippen LogP contribution in [0.3, 0.4) is 0 Å². The zero-order valence-corrected chi connectivity index (χ0v) is 22.0. The van der Waals surface area contributed by atoms with Gasteiger partial charge in [0.1, 0.15) is 17.1 Å². The van der Waals surface area contributed by atoms with Gasteiger partial charge in [-0.3, -0.25) is 0 Å². The van der Waals surface area contributed by atoms with Gasteiger partial charge in [-0.1, -0.05) is 79.2 Å². The molecule has 5 nitrogen and oxygen atoms in total. The molecule has 2 heterocycles. The normalized spacial score (nSPS) is 22.7. The van der Waals surface area contributed by atoms with E-state index in [1.165, 1.54) is 18.4 Å². The summed E-state index contributed by atoms with van der Waals surface area (Å²) in [5, 5.41) is 15.6. The molecular weight excluding hydrogens is 470 g/mol. The van der Waals surface area contributed by atoms with Crippen molar-refractivity contribution in [1.29, 1.82) is 0 Å². The predicted molar refractivity (Wildman–Crippen MR) is 152 cm³/mol. The summed E-state index contributed by atoms with van der Waals surface area (Å²) in [7, 11) is 0. The Morgan fingerprint density at radius 3 is 2.39 bits per heavy atom. The first-order chi connectivity index (χ1) is 18.4. The lowest BCUT2D eigenvalue weighted by Crippen LogP contribution is -2.46. The lowest BCUT2D eigenvalue weighted by Gasteiger charge is -2.49. The Bertz CT molecular complexity index is 1740. The van der Waals surface area contributed by atoms with Gasteiger partial charge in [0.05, 0.1) is 22.1 Å². The van der Waals surface area contributed by atoms with Gasteiger partial charge in [-0.2, -0.15) is 0 Å². The lowest BCUT2D eigenvalue weighted by atomic mass is 9.64. The zero-order chi connectivity index (χ0) is 26.0. The first kappa shape index (κ1) is 23.2. The Hall–Kier alpha value is -3.99. The Labute approximate surface area is 222 Å². The van der Waals surface area contributed by atoms with Crippen LogP contribution in [-0.2, 0) is 0 Å². The number of benzene rings is 4. The van der Waals surface area contributed by atoms with Gasteiger partial charge < -0.3 is 9.94 Å². The van der Waals surface area contributed by atoms with Crippen molar-refractivity contribution in [2.24, 2.45) is 17.0 Å². The van der Waals surface area contributed by atoms with E-state index < -0.39 is 0 Å². The molecule has 1 aliphatic heterocycles.